The predicted molar refractivity (Wildman–Crippen MR) is 70.2 cm³/mol. The van der Waals surface area contributed by atoms with Crippen molar-refractivity contribution in [2.24, 2.45) is 0 Å². The molecule has 0 aliphatic rings. The molecule has 0 fully saturated rings. The Bertz CT molecular complexity index is 517. The molecule has 2 aromatic rings. The standard InChI is InChI=1S/C15H16F3NO/c1-11(9-14-3-2-8-20-14)19-10-12-4-6-13(7-5-12)15(16,17)18/h2-8,11,19H,9-10H2,1H3. The monoisotopic (exact) mass is 283 g/mol. The summed E-state index contributed by atoms with van der Waals surface area (Å²) in [6.45, 7) is 2.53. The fourth-order valence-corrected chi connectivity index (χ4v) is 1.91. The third-order valence-electron chi connectivity index (χ3n) is 3.02. The second-order valence-electron chi connectivity index (χ2n) is 4.76. The van der Waals surface area contributed by atoms with Gasteiger partial charge in [-0.25, -0.2) is 0 Å². The van der Waals surface area contributed by atoms with E-state index in [0.717, 1.165) is 29.9 Å². The van der Waals surface area contributed by atoms with Crippen molar-refractivity contribution in [1.82, 2.24) is 5.32 Å². The molecule has 0 saturated carbocycles. The maximum atomic E-state index is 12.4. The van der Waals surface area contributed by atoms with Crippen LogP contribution in [-0.2, 0) is 19.1 Å². The fraction of sp³-hybridized carbons (Fsp3) is 0.333. The third-order valence-corrected chi connectivity index (χ3v) is 3.02. The maximum Gasteiger partial charge on any atom is 0.416 e. The van der Waals surface area contributed by atoms with Crippen LogP contribution in [-0.4, -0.2) is 6.04 Å². The SMILES string of the molecule is CC(Cc1ccco1)NCc1ccc(C(F)(F)F)cc1. The first-order valence-electron chi connectivity index (χ1n) is 6.37. The molecular weight excluding hydrogens is 267 g/mol. The molecule has 108 valence electrons. The molecule has 1 atom stereocenters. The van der Waals surface area contributed by atoms with Crippen LogP contribution in [0.3, 0.4) is 0 Å². The van der Waals surface area contributed by atoms with E-state index in [4.69, 9.17) is 4.42 Å². The average molecular weight is 283 g/mol. The van der Waals surface area contributed by atoms with Gasteiger partial charge < -0.3 is 9.73 Å². The molecule has 0 aliphatic carbocycles. The summed E-state index contributed by atoms with van der Waals surface area (Å²) in [6.07, 6.45) is -1.91. The molecule has 1 aromatic heterocycles. The Morgan fingerprint density at radius 2 is 1.85 bits per heavy atom. The van der Waals surface area contributed by atoms with Crippen LogP contribution in [0.25, 0.3) is 0 Å². The Morgan fingerprint density at radius 1 is 1.15 bits per heavy atom. The zero-order valence-electron chi connectivity index (χ0n) is 11.1. The van der Waals surface area contributed by atoms with Gasteiger partial charge in [-0.1, -0.05) is 12.1 Å². The first-order valence-corrected chi connectivity index (χ1v) is 6.37. The van der Waals surface area contributed by atoms with Crippen LogP contribution in [0, 0.1) is 0 Å². The van der Waals surface area contributed by atoms with E-state index < -0.39 is 11.7 Å². The number of alkyl halides is 3. The second-order valence-corrected chi connectivity index (χ2v) is 4.76. The summed E-state index contributed by atoms with van der Waals surface area (Å²) in [5.74, 6) is 0.886. The lowest BCUT2D eigenvalue weighted by Gasteiger charge is -2.13. The minimum atomic E-state index is -4.28. The molecule has 0 spiro atoms. The van der Waals surface area contributed by atoms with Gasteiger partial charge in [0.2, 0.25) is 0 Å². The van der Waals surface area contributed by atoms with Gasteiger partial charge in [0.05, 0.1) is 11.8 Å². The Morgan fingerprint density at radius 3 is 2.40 bits per heavy atom. The van der Waals surface area contributed by atoms with Crippen molar-refractivity contribution in [2.75, 3.05) is 0 Å². The summed E-state index contributed by atoms with van der Waals surface area (Å²) < 4.78 is 42.5. The smallest absolute Gasteiger partial charge is 0.416 e. The zero-order chi connectivity index (χ0) is 14.6. The Labute approximate surface area is 115 Å². The van der Waals surface area contributed by atoms with Gasteiger partial charge in [-0.15, -0.1) is 0 Å². The highest BCUT2D eigenvalue weighted by molar-refractivity contribution is 5.24. The van der Waals surface area contributed by atoms with Crippen molar-refractivity contribution in [3.63, 3.8) is 0 Å². The van der Waals surface area contributed by atoms with E-state index in [0.29, 0.717) is 6.54 Å². The fourth-order valence-electron chi connectivity index (χ4n) is 1.91. The molecule has 0 radical (unpaired) electrons. The lowest BCUT2D eigenvalue weighted by Crippen LogP contribution is -2.27. The third kappa shape index (κ3) is 4.13. The van der Waals surface area contributed by atoms with E-state index in [9.17, 15) is 13.2 Å². The summed E-state index contributed by atoms with van der Waals surface area (Å²) in [4.78, 5) is 0. The minimum absolute atomic E-state index is 0.184. The van der Waals surface area contributed by atoms with Gasteiger partial charge in [-0.2, -0.15) is 13.2 Å². The number of hydrogen-bond acceptors (Lipinski definition) is 2. The molecule has 20 heavy (non-hydrogen) atoms. The van der Waals surface area contributed by atoms with Gasteiger partial charge in [0.1, 0.15) is 5.76 Å². The summed E-state index contributed by atoms with van der Waals surface area (Å²) in [5.41, 5.74) is 0.203. The number of benzene rings is 1. The molecule has 1 N–H and O–H groups in total. The lowest BCUT2D eigenvalue weighted by atomic mass is 10.1. The Kier molecular flexibility index (Phi) is 4.49. The Balaban J connectivity index is 1.84. The predicted octanol–water partition coefficient (Wildman–Crippen LogP) is 4.02. The van der Waals surface area contributed by atoms with Gasteiger partial charge in [0, 0.05) is 19.0 Å². The molecule has 0 saturated heterocycles. The summed E-state index contributed by atoms with van der Waals surface area (Å²) in [6, 6.07) is 9.12. The number of nitrogens with one attached hydrogen (secondary N) is 1. The molecule has 2 nitrogen and oxygen atoms in total. The van der Waals surface area contributed by atoms with Gasteiger partial charge in [-0.05, 0) is 36.8 Å². The molecule has 1 unspecified atom stereocenters. The van der Waals surface area contributed by atoms with Gasteiger partial charge in [0.25, 0.3) is 0 Å². The molecular formula is C15H16F3NO. The van der Waals surface area contributed by atoms with Gasteiger partial charge >= 0.3 is 6.18 Å². The average Bonchev–Trinajstić information content (AvgIpc) is 2.88. The summed E-state index contributed by atoms with van der Waals surface area (Å²) >= 11 is 0. The molecule has 2 rings (SSSR count). The lowest BCUT2D eigenvalue weighted by molar-refractivity contribution is -0.137. The second kappa shape index (κ2) is 6.13. The van der Waals surface area contributed by atoms with Crippen LogP contribution in [0.1, 0.15) is 23.8 Å². The summed E-state index contributed by atoms with van der Waals surface area (Å²) in [7, 11) is 0. The van der Waals surface area contributed by atoms with Crippen LogP contribution in [0.15, 0.2) is 47.1 Å². The van der Waals surface area contributed by atoms with Crippen LogP contribution >= 0.6 is 0 Å². The van der Waals surface area contributed by atoms with E-state index in [-0.39, 0.29) is 6.04 Å². The number of furan rings is 1. The molecule has 0 bridgehead atoms. The van der Waals surface area contributed by atoms with Crippen LogP contribution in [0.5, 0.6) is 0 Å². The van der Waals surface area contributed by atoms with Crippen molar-refractivity contribution in [3.05, 3.63) is 59.5 Å². The van der Waals surface area contributed by atoms with E-state index in [1.54, 1.807) is 6.26 Å². The first kappa shape index (κ1) is 14.7. The van der Waals surface area contributed by atoms with Crippen LogP contribution in [0.2, 0.25) is 0 Å². The van der Waals surface area contributed by atoms with Crippen molar-refractivity contribution in [1.29, 1.82) is 0 Å². The van der Waals surface area contributed by atoms with Gasteiger partial charge in [0.15, 0.2) is 0 Å². The molecule has 0 amide bonds. The van der Waals surface area contributed by atoms with E-state index in [2.05, 4.69) is 5.32 Å². The maximum absolute atomic E-state index is 12.4. The van der Waals surface area contributed by atoms with E-state index >= 15 is 0 Å². The van der Waals surface area contributed by atoms with E-state index in [1.807, 2.05) is 19.1 Å². The largest absolute Gasteiger partial charge is 0.469 e. The molecule has 1 aromatic carbocycles. The van der Waals surface area contributed by atoms with Crippen molar-refractivity contribution < 1.29 is 17.6 Å². The normalized spacial score (nSPS) is 13.4. The minimum Gasteiger partial charge on any atom is -0.469 e. The van der Waals surface area contributed by atoms with E-state index in [1.165, 1.54) is 12.1 Å². The summed E-state index contributed by atoms with van der Waals surface area (Å²) in [5, 5.41) is 3.25. The topological polar surface area (TPSA) is 25.2 Å². The number of rotatable bonds is 5. The van der Waals surface area contributed by atoms with Crippen molar-refractivity contribution in [3.8, 4) is 0 Å². The highest BCUT2D eigenvalue weighted by Crippen LogP contribution is 2.29. The van der Waals surface area contributed by atoms with Crippen LogP contribution < -0.4 is 5.32 Å². The molecule has 0 aliphatic heterocycles. The van der Waals surface area contributed by atoms with Gasteiger partial charge in [-0.3, -0.25) is 0 Å². The first-order chi connectivity index (χ1) is 9.45. The number of hydrogen-bond donors (Lipinski definition) is 1. The molecule has 5 heteroatoms. The quantitative estimate of drug-likeness (QED) is 0.896. The zero-order valence-corrected chi connectivity index (χ0v) is 11.1. The Hall–Kier alpha value is -1.75. The highest BCUT2D eigenvalue weighted by atomic mass is 19.4. The van der Waals surface area contributed by atoms with Crippen LogP contribution in [0.4, 0.5) is 13.2 Å². The van der Waals surface area contributed by atoms with Crippen molar-refractivity contribution >= 4 is 0 Å². The number of halogens is 3. The molecule has 1 heterocycles. The van der Waals surface area contributed by atoms with Crippen molar-refractivity contribution in [2.45, 2.75) is 32.1 Å². The highest BCUT2D eigenvalue weighted by Gasteiger charge is 2.29.